The van der Waals surface area contributed by atoms with Crippen molar-refractivity contribution in [1.82, 2.24) is 19.8 Å². The van der Waals surface area contributed by atoms with Crippen molar-refractivity contribution in [2.24, 2.45) is 0 Å². The Bertz CT molecular complexity index is 1830. The molecule has 0 saturated carbocycles. The van der Waals surface area contributed by atoms with Crippen molar-refractivity contribution in [1.29, 1.82) is 0 Å². The van der Waals surface area contributed by atoms with Crippen molar-refractivity contribution in [2.45, 2.75) is 32.0 Å². The Morgan fingerprint density at radius 2 is 1.85 bits per heavy atom. The maximum atomic E-state index is 14.4. The summed E-state index contributed by atoms with van der Waals surface area (Å²) in [5, 5.41) is 5.40. The maximum absolute atomic E-state index is 14.4. The van der Waals surface area contributed by atoms with Crippen LogP contribution in [0, 0.1) is 17.5 Å². The van der Waals surface area contributed by atoms with Crippen LogP contribution in [0.3, 0.4) is 0 Å². The zero-order chi connectivity index (χ0) is 33.4. The van der Waals surface area contributed by atoms with Gasteiger partial charge in [-0.05, 0) is 55.3 Å². The molecule has 0 aliphatic rings. The van der Waals surface area contributed by atoms with Crippen LogP contribution in [0.2, 0.25) is 0 Å². The largest absolute Gasteiger partial charge is 0.486 e. The number of nitrogens with zero attached hydrogens (tertiary/aromatic N) is 2. The van der Waals surface area contributed by atoms with Crippen molar-refractivity contribution in [3.05, 3.63) is 106 Å². The van der Waals surface area contributed by atoms with E-state index in [1.54, 1.807) is 32.3 Å². The van der Waals surface area contributed by atoms with Crippen LogP contribution in [-0.4, -0.2) is 59.6 Å². The Morgan fingerprint density at radius 3 is 2.57 bits per heavy atom. The molecule has 46 heavy (non-hydrogen) atoms. The number of pyridine rings is 1. The molecular weight excluding hydrogens is 607 g/mol. The summed E-state index contributed by atoms with van der Waals surface area (Å²) in [6.45, 7) is -0.282. The number of halogens is 3. The van der Waals surface area contributed by atoms with E-state index in [0.717, 1.165) is 25.3 Å². The van der Waals surface area contributed by atoms with E-state index in [1.165, 1.54) is 39.9 Å². The lowest BCUT2D eigenvalue weighted by atomic mass is 10.1. The van der Waals surface area contributed by atoms with Crippen LogP contribution < -0.4 is 20.9 Å². The number of carbonyl (C=O) groups is 3. The smallest absolute Gasteiger partial charge is 0.407 e. The monoisotopic (exact) mass is 639 g/mol. The van der Waals surface area contributed by atoms with Gasteiger partial charge in [0.1, 0.15) is 41.5 Å². The first-order chi connectivity index (χ1) is 21.9. The number of alkyl carbamates (subject to hydrolysis) is 1. The van der Waals surface area contributed by atoms with Crippen molar-refractivity contribution in [3.63, 3.8) is 0 Å². The minimum Gasteiger partial charge on any atom is -0.486 e. The van der Waals surface area contributed by atoms with E-state index >= 15 is 0 Å². The van der Waals surface area contributed by atoms with Crippen molar-refractivity contribution in [3.8, 4) is 5.75 Å². The molecule has 3 N–H and O–H groups in total. The van der Waals surface area contributed by atoms with Gasteiger partial charge in [-0.2, -0.15) is 0 Å². The third-order valence-electron chi connectivity index (χ3n) is 6.85. The van der Waals surface area contributed by atoms with Crippen LogP contribution in [0.4, 0.5) is 23.7 Å². The fraction of sp³-hybridized carbons (Fsp3) is 0.250. The molecule has 242 valence electrons. The van der Waals surface area contributed by atoms with E-state index in [9.17, 15) is 32.3 Å². The van der Waals surface area contributed by atoms with Crippen LogP contribution in [0.1, 0.15) is 24.1 Å². The van der Waals surface area contributed by atoms with Gasteiger partial charge in [-0.1, -0.05) is 6.08 Å². The van der Waals surface area contributed by atoms with Gasteiger partial charge in [0.25, 0.3) is 5.56 Å². The maximum Gasteiger partial charge on any atom is 0.407 e. The van der Waals surface area contributed by atoms with Crippen molar-refractivity contribution < 1.29 is 37.0 Å². The number of rotatable bonds is 12. The summed E-state index contributed by atoms with van der Waals surface area (Å²) < 4.78 is 53.3. The molecular formula is C32H32F3N5O6. The zero-order valence-electron chi connectivity index (χ0n) is 25.2. The van der Waals surface area contributed by atoms with Gasteiger partial charge >= 0.3 is 6.09 Å². The van der Waals surface area contributed by atoms with Gasteiger partial charge in [0.05, 0.1) is 19.2 Å². The van der Waals surface area contributed by atoms with E-state index in [4.69, 9.17) is 4.74 Å². The predicted octanol–water partition coefficient (Wildman–Crippen LogP) is 4.46. The van der Waals surface area contributed by atoms with E-state index in [-0.39, 0.29) is 48.9 Å². The molecule has 0 aliphatic heterocycles. The number of amides is 3. The molecule has 0 spiro atoms. The summed E-state index contributed by atoms with van der Waals surface area (Å²) >= 11 is 0. The number of ether oxygens (including phenoxy) is 2. The molecule has 4 rings (SSSR count). The average Bonchev–Trinajstić information content (AvgIpc) is 3.41. The molecule has 1 unspecified atom stereocenters. The molecule has 0 fully saturated rings. The molecule has 11 nitrogen and oxygen atoms in total. The van der Waals surface area contributed by atoms with Crippen LogP contribution in [0.5, 0.6) is 5.75 Å². The number of benzene rings is 2. The van der Waals surface area contributed by atoms with E-state index in [2.05, 4.69) is 20.4 Å². The fourth-order valence-corrected chi connectivity index (χ4v) is 4.45. The molecule has 0 bridgehead atoms. The number of anilines is 1. The summed E-state index contributed by atoms with van der Waals surface area (Å²) in [6, 6.07) is 8.93. The van der Waals surface area contributed by atoms with Gasteiger partial charge in [0.15, 0.2) is 0 Å². The normalized spacial score (nSPS) is 11.8. The Hall–Kier alpha value is -5.53. The highest BCUT2D eigenvalue weighted by Crippen LogP contribution is 2.29. The first-order valence-electron chi connectivity index (χ1n) is 14.1. The molecule has 1 atom stereocenters. The number of aromatic amines is 1. The highest BCUT2D eigenvalue weighted by molar-refractivity contribution is 5.96. The van der Waals surface area contributed by atoms with Crippen molar-refractivity contribution in [2.75, 3.05) is 26.5 Å². The number of likely N-dealkylation sites (N-methyl/N-ethyl adjacent to an activating group) is 1. The van der Waals surface area contributed by atoms with Crippen LogP contribution in [-0.2, 0) is 27.5 Å². The molecule has 3 amide bonds. The molecule has 2 aromatic carbocycles. The van der Waals surface area contributed by atoms with Gasteiger partial charge in [-0.15, -0.1) is 0 Å². The Balaban J connectivity index is 1.50. The average molecular weight is 640 g/mol. The minimum absolute atomic E-state index is 0.000585. The van der Waals surface area contributed by atoms with E-state index in [0.29, 0.717) is 16.6 Å². The predicted molar refractivity (Wildman–Crippen MR) is 164 cm³/mol. The number of allylic oxidation sites excluding steroid dienone is 1. The quantitative estimate of drug-likeness (QED) is 0.196. The number of methoxy groups -OCH3 is 1. The Labute approximate surface area is 261 Å². The third kappa shape index (κ3) is 8.55. The summed E-state index contributed by atoms with van der Waals surface area (Å²) in [4.78, 5) is 54.5. The summed E-state index contributed by atoms with van der Waals surface area (Å²) in [6.07, 6.45) is 3.95. The second kappa shape index (κ2) is 15.0. The van der Waals surface area contributed by atoms with E-state index < -0.39 is 41.1 Å². The molecule has 2 heterocycles. The van der Waals surface area contributed by atoms with Gasteiger partial charge in [0, 0.05) is 49.1 Å². The third-order valence-corrected chi connectivity index (χ3v) is 6.85. The number of hydrogen-bond acceptors (Lipinski definition) is 6. The van der Waals surface area contributed by atoms with Crippen molar-refractivity contribution >= 4 is 34.5 Å². The number of hydrogen-bond donors (Lipinski definition) is 3. The molecule has 0 radical (unpaired) electrons. The van der Waals surface area contributed by atoms with Gasteiger partial charge < -0.3 is 34.6 Å². The van der Waals surface area contributed by atoms with Gasteiger partial charge in [0.2, 0.25) is 11.8 Å². The lowest BCUT2D eigenvalue weighted by Gasteiger charge is -2.17. The second-order valence-electron chi connectivity index (χ2n) is 10.4. The molecule has 4 aromatic rings. The molecule has 0 saturated heterocycles. The second-order valence-corrected chi connectivity index (χ2v) is 10.4. The molecule has 2 aromatic heterocycles. The van der Waals surface area contributed by atoms with E-state index in [1.807, 2.05) is 0 Å². The van der Waals surface area contributed by atoms with Gasteiger partial charge in [-0.3, -0.25) is 14.4 Å². The van der Waals surface area contributed by atoms with Crippen LogP contribution in [0.25, 0.3) is 10.9 Å². The van der Waals surface area contributed by atoms with Crippen LogP contribution >= 0.6 is 0 Å². The fourth-order valence-electron chi connectivity index (χ4n) is 4.45. The first-order valence-corrected chi connectivity index (χ1v) is 14.1. The topological polar surface area (TPSA) is 135 Å². The Morgan fingerprint density at radius 1 is 1.07 bits per heavy atom. The minimum atomic E-state index is -1.08. The lowest BCUT2D eigenvalue weighted by molar-refractivity contribution is -0.123. The van der Waals surface area contributed by atoms with Gasteiger partial charge in [-0.25, -0.2) is 18.0 Å². The first kappa shape index (κ1) is 33.4. The summed E-state index contributed by atoms with van der Waals surface area (Å²) in [5.41, 5.74) is 0.353. The standard InChI is InChI=1S/C32H32F3N5O6/c1-39(2)28(41)9-5-4-7-25(38-32(44)45-3)30(42)37-26-8-6-12-40(31(26)43)17-23-14-20-13-22(34)16-27(29(20)36-23)46-18-19-10-11-21(33)15-24(19)35/h5-6,8-16,25,36H,4,7,17-18H2,1-3H3,(H,37,42)(H,38,44)/b9-5+. The number of nitrogens with one attached hydrogen (secondary N) is 3. The number of H-pyrrole nitrogens is 1. The number of aromatic nitrogens is 2. The summed E-state index contributed by atoms with van der Waals surface area (Å²) in [7, 11) is 4.34. The molecule has 0 aliphatic carbocycles. The lowest BCUT2D eigenvalue weighted by Crippen LogP contribution is -2.44. The zero-order valence-corrected chi connectivity index (χ0v) is 25.2. The SMILES string of the molecule is COC(=O)NC(CC/C=C/C(=O)N(C)C)C(=O)Nc1cccn(Cc2cc3cc(F)cc(OCc4ccc(F)cc4F)c3[nH]2)c1=O. The highest BCUT2D eigenvalue weighted by Gasteiger charge is 2.22. The highest BCUT2D eigenvalue weighted by atomic mass is 19.1. The Kier molecular flexibility index (Phi) is 10.9. The number of carbonyl (C=O) groups excluding carboxylic acids is 3. The number of fused-ring (bicyclic) bond motifs is 1. The van der Waals surface area contributed by atoms with Crippen LogP contribution in [0.15, 0.2) is 71.7 Å². The molecule has 14 heteroatoms. The summed E-state index contributed by atoms with van der Waals surface area (Å²) in [5.74, 6) is -2.97.